The van der Waals surface area contributed by atoms with Crippen molar-refractivity contribution in [3.05, 3.63) is 72.3 Å². The lowest BCUT2D eigenvalue weighted by Gasteiger charge is -2.29. The number of allylic oxidation sites excluding steroid dienone is 1. The van der Waals surface area contributed by atoms with Gasteiger partial charge in [0.05, 0.1) is 6.10 Å². The Morgan fingerprint density at radius 2 is 1.52 bits per heavy atom. The Morgan fingerprint density at radius 3 is 2.12 bits per heavy atom. The zero-order chi connectivity index (χ0) is 17.5. The first-order valence-electron chi connectivity index (χ1n) is 9.66. The second kappa shape index (κ2) is 9.01. The van der Waals surface area contributed by atoms with E-state index in [2.05, 4.69) is 62.0 Å². The molecule has 1 nitrogen and oxygen atoms in total. The summed E-state index contributed by atoms with van der Waals surface area (Å²) in [5.74, 6) is 0.695. The lowest BCUT2D eigenvalue weighted by Crippen LogP contribution is -2.21. The molecule has 0 N–H and O–H groups in total. The third kappa shape index (κ3) is 5.06. The van der Waals surface area contributed by atoms with Crippen LogP contribution in [0.25, 0.3) is 11.1 Å². The summed E-state index contributed by atoms with van der Waals surface area (Å²) in [7, 11) is 0. The Labute approximate surface area is 152 Å². The number of benzene rings is 2. The van der Waals surface area contributed by atoms with E-state index < -0.39 is 0 Å². The molecule has 25 heavy (non-hydrogen) atoms. The molecule has 0 aliphatic heterocycles. The van der Waals surface area contributed by atoms with Gasteiger partial charge in [0.1, 0.15) is 0 Å². The van der Waals surface area contributed by atoms with E-state index in [1.807, 2.05) is 6.08 Å². The molecule has 0 amide bonds. The molecule has 0 unspecified atom stereocenters. The summed E-state index contributed by atoms with van der Waals surface area (Å²) in [6, 6.07) is 18.0. The fourth-order valence-electron chi connectivity index (χ4n) is 3.73. The van der Waals surface area contributed by atoms with Crippen LogP contribution in [0.2, 0.25) is 0 Å². The van der Waals surface area contributed by atoms with E-state index in [4.69, 9.17) is 4.74 Å². The van der Waals surface area contributed by atoms with Crippen LogP contribution in [0, 0.1) is 6.92 Å². The molecule has 0 bridgehead atoms. The van der Waals surface area contributed by atoms with E-state index in [-0.39, 0.29) is 0 Å². The molecule has 0 heterocycles. The number of unbranched alkanes of at least 4 members (excludes halogenated alkanes) is 1. The highest BCUT2D eigenvalue weighted by Gasteiger charge is 2.22. The van der Waals surface area contributed by atoms with Crippen molar-refractivity contribution < 1.29 is 4.74 Å². The lowest BCUT2D eigenvalue weighted by molar-refractivity contribution is 0.0238. The second-order valence-corrected chi connectivity index (χ2v) is 7.26. The predicted octanol–water partition coefficient (Wildman–Crippen LogP) is 6.67. The Morgan fingerprint density at radius 1 is 0.920 bits per heavy atom. The van der Waals surface area contributed by atoms with Crippen LogP contribution in [0.15, 0.2) is 61.2 Å². The zero-order valence-corrected chi connectivity index (χ0v) is 15.4. The Hall–Kier alpha value is -1.86. The summed E-state index contributed by atoms with van der Waals surface area (Å²) in [4.78, 5) is 0. The molecule has 0 spiro atoms. The fraction of sp³-hybridized carbons (Fsp3) is 0.417. The molecule has 1 heteroatoms. The summed E-state index contributed by atoms with van der Waals surface area (Å²) in [6.45, 7) is 6.78. The molecule has 0 saturated heterocycles. The van der Waals surface area contributed by atoms with E-state index >= 15 is 0 Å². The standard InChI is InChI=1S/C24H30O/c1-3-4-5-18-25-24-16-14-23(15-17-24)22-12-10-21(11-13-22)20-8-6-19(2)7-9-20/h3,6-13,23-24H,1,4-5,14-18H2,2H3. The summed E-state index contributed by atoms with van der Waals surface area (Å²) in [5.41, 5.74) is 5.40. The fourth-order valence-corrected chi connectivity index (χ4v) is 3.73. The van der Waals surface area contributed by atoms with Gasteiger partial charge in [0, 0.05) is 6.61 Å². The van der Waals surface area contributed by atoms with Crippen LogP contribution in [0.1, 0.15) is 55.6 Å². The minimum Gasteiger partial charge on any atom is -0.378 e. The smallest absolute Gasteiger partial charge is 0.0575 e. The molecule has 2 aromatic carbocycles. The highest BCUT2D eigenvalue weighted by Crippen LogP contribution is 2.35. The number of ether oxygens (including phenoxy) is 1. The minimum atomic E-state index is 0.466. The first-order valence-corrected chi connectivity index (χ1v) is 9.66. The second-order valence-electron chi connectivity index (χ2n) is 7.26. The average molecular weight is 335 g/mol. The lowest BCUT2D eigenvalue weighted by atomic mass is 9.82. The normalized spacial score (nSPS) is 20.4. The van der Waals surface area contributed by atoms with Crippen molar-refractivity contribution >= 4 is 0 Å². The topological polar surface area (TPSA) is 9.23 Å². The van der Waals surface area contributed by atoms with Crippen molar-refractivity contribution in [2.45, 2.75) is 57.5 Å². The first kappa shape index (κ1) is 17.9. The van der Waals surface area contributed by atoms with Crippen LogP contribution in [0.3, 0.4) is 0 Å². The zero-order valence-electron chi connectivity index (χ0n) is 15.4. The van der Waals surface area contributed by atoms with Gasteiger partial charge in [-0.15, -0.1) is 6.58 Å². The number of hydrogen-bond acceptors (Lipinski definition) is 1. The van der Waals surface area contributed by atoms with Gasteiger partial charge in [-0.05, 0) is 68.1 Å². The van der Waals surface area contributed by atoms with E-state index in [1.165, 1.54) is 47.9 Å². The maximum absolute atomic E-state index is 6.01. The molecule has 1 aliphatic rings. The van der Waals surface area contributed by atoms with Gasteiger partial charge in [-0.1, -0.05) is 60.2 Å². The maximum atomic E-state index is 6.01. The number of hydrogen-bond donors (Lipinski definition) is 0. The summed E-state index contributed by atoms with van der Waals surface area (Å²) >= 11 is 0. The van der Waals surface area contributed by atoms with Gasteiger partial charge < -0.3 is 4.74 Å². The summed E-state index contributed by atoms with van der Waals surface area (Å²) in [6.07, 6.45) is 9.48. The van der Waals surface area contributed by atoms with Crippen LogP contribution in [0.5, 0.6) is 0 Å². The molecule has 1 saturated carbocycles. The van der Waals surface area contributed by atoms with Crippen molar-refractivity contribution in [2.75, 3.05) is 6.61 Å². The largest absolute Gasteiger partial charge is 0.378 e. The molecule has 3 rings (SSSR count). The minimum absolute atomic E-state index is 0.466. The van der Waals surface area contributed by atoms with E-state index in [0.717, 1.165) is 19.4 Å². The van der Waals surface area contributed by atoms with E-state index in [0.29, 0.717) is 12.0 Å². The molecule has 1 aliphatic carbocycles. The van der Waals surface area contributed by atoms with Gasteiger partial charge >= 0.3 is 0 Å². The van der Waals surface area contributed by atoms with Crippen LogP contribution in [-0.4, -0.2) is 12.7 Å². The van der Waals surface area contributed by atoms with Gasteiger partial charge in [-0.25, -0.2) is 0 Å². The van der Waals surface area contributed by atoms with Crippen molar-refractivity contribution in [1.82, 2.24) is 0 Å². The number of aryl methyl sites for hydroxylation is 1. The molecule has 1 fully saturated rings. The molecular weight excluding hydrogens is 304 g/mol. The van der Waals surface area contributed by atoms with Crippen LogP contribution >= 0.6 is 0 Å². The highest BCUT2D eigenvalue weighted by atomic mass is 16.5. The van der Waals surface area contributed by atoms with Crippen molar-refractivity contribution in [1.29, 1.82) is 0 Å². The molecule has 0 radical (unpaired) electrons. The quantitative estimate of drug-likeness (QED) is 0.406. The third-order valence-corrected chi connectivity index (χ3v) is 5.35. The average Bonchev–Trinajstić information content (AvgIpc) is 2.67. The van der Waals surface area contributed by atoms with E-state index in [1.54, 1.807) is 0 Å². The molecule has 132 valence electrons. The first-order chi connectivity index (χ1) is 12.3. The Bertz CT molecular complexity index is 645. The van der Waals surface area contributed by atoms with Gasteiger partial charge in [0.15, 0.2) is 0 Å². The Kier molecular flexibility index (Phi) is 6.47. The van der Waals surface area contributed by atoms with Gasteiger partial charge in [-0.3, -0.25) is 0 Å². The van der Waals surface area contributed by atoms with Crippen LogP contribution < -0.4 is 0 Å². The molecular formula is C24H30O. The van der Waals surface area contributed by atoms with Crippen molar-refractivity contribution in [3.63, 3.8) is 0 Å². The maximum Gasteiger partial charge on any atom is 0.0575 e. The number of rotatable bonds is 7. The Balaban J connectivity index is 1.52. The van der Waals surface area contributed by atoms with Crippen molar-refractivity contribution in [3.8, 4) is 11.1 Å². The SMILES string of the molecule is C=CCCCOC1CCC(c2ccc(-c3ccc(C)cc3)cc2)CC1. The monoisotopic (exact) mass is 334 g/mol. The predicted molar refractivity (Wildman–Crippen MR) is 107 cm³/mol. The van der Waals surface area contributed by atoms with E-state index in [9.17, 15) is 0 Å². The third-order valence-electron chi connectivity index (χ3n) is 5.35. The highest BCUT2D eigenvalue weighted by molar-refractivity contribution is 5.64. The molecule has 0 aromatic heterocycles. The van der Waals surface area contributed by atoms with Gasteiger partial charge in [-0.2, -0.15) is 0 Å². The molecule has 0 atom stereocenters. The van der Waals surface area contributed by atoms with Crippen LogP contribution in [-0.2, 0) is 4.74 Å². The molecule has 2 aromatic rings. The summed E-state index contributed by atoms with van der Waals surface area (Å²) < 4.78 is 6.01. The van der Waals surface area contributed by atoms with Gasteiger partial charge in [0.25, 0.3) is 0 Å². The van der Waals surface area contributed by atoms with Gasteiger partial charge in [0.2, 0.25) is 0 Å². The van der Waals surface area contributed by atoms with Crippen molar-refractivity contribution in [2.24, 2.45) is 0 Å². The summed E-state index contributed by atoms with van der Waals surface area (Å²) in [5, 5.41) is 0. The van der Waals surface area contributed by atoms with Crippen LogP contribution in [0.4, 0.5) is 0 Å².